The van der Waals surface area contributed by atoms with Gasteiger partial charge in [0, 0.05) is 21.9 Å². The second kappa shape index (κ2) is 5.75. The Hall–Kier alpha value is -1.33. The molecule has 0 bridgehead atoms. The summed E-state index contributed by atoms with van der Waals surface area (Å²) in [6, 6.07) is 0. The smallest absolute Gasteiger partial charge is 0.258 e. The number of allylic oxidation sites excluding steroid dienone is 3. The number of hydrogen-bond donors (Lipinski definition) is 1. The molecule has 0 spiro atoms. The number of thiocarbonyl (C=S) groups is 1. The predicted molar refractivity (Wildman–Crippen MR) is 83.8 cm³/mol. The van der Waals surface area contributed by atoms with Gasteiger partial charge >= 0.3 is 0 Å². The van der Waals surface area contributed by atoms with Gasteiger partial charge in [0.1, 0.15) is 0 Å². The van der Waals surface area contributed by atoms with E-state index in [0.29, 0.717) is 21.5 Å². The van der Waals surface area contributed by atoms with Crippen LogP contribution in [0.1, 0.15) is 31.6 Å². The molecule has 0 aromatic carbocycles. The molecule has 2 rings (SSSR count). The number of carbonyl (C=O) groups is 1. The first-order valence-electron chi connectivity index (χ1n) is 6.19. The number of anilines is 1. The average molecular weight is 292 g/mol. The molecule has 0 aliphatic heterocycles. The van der Waals surface area contributed by atoms with Crippen LogP contribution in [0.2, 0.25) is 0 Å². The fraction of sp³-hybridized carbons (Fsp3) is 0.357. The standard InChI is InChI=1S/C14H16N2OS2/c1-8(2)11-7-15-14(19-11)16-13(17)10-6-4-5-9(3)12(10)18/h4-9H,1-3H3,(H,15,16,17). The molecule has 1 aliphatic rings. The average Bonchev–Trinajstić information content (AvgIpc) is 2.81. The predicted octanol–water partition coefficient (Wildman–Crippen LogP) is 3.71. The third-order valence-electron chi connectivity index (χ3n) is 2.90. The molecule has 1 atom stereocenters. The zero-order valence-corrected chi connectivity index (χ0v) is 12.8. The van der Waals surface area contributed by atoms with Crippen LogP contribution in [0.4, 0.5) is 5.13 Å². The highest BCUT2D eigenvalue weighted by Crippen LogP contribution is 2.26. The highest BCUT2D eigenvalue weighted by atomic mass is 32.1. The molecule has 1 aliphatic carbocycles. The van der Waals surface area contributed by atoms with E-state index in [2.05, 4.69) is 24.1 Å². The summed E-state index contributed by atoms with van der Waals surface area (Å²) in [6.45, 7) is 6.19. The first-order valence-corrected chi connectivity index (χ1v) is 7.41. The minimum absolute atomic E-state index is 0.128. The Morgan fingerprint density at radius 3 is 2.89 bits per heavy atom. The number of rotatable bonds is 3. The zero-order valence-electron chi connectivity index (χ0n) is 11.1. The Morgan fingerprint density at radius 2 is 2.26 bits per heavy atom. The van der Waals surface area contributed by atoms with Crippen molar-refractivity contribution < 1.29 is 4.79 Å². The van der Waals surface area contributed by atoms with Crippen molar-refractivity contribution in [2.45, 2.75) is 26.7 Å². The topological polar surface area (TPSA) is 42.0 Å². The summed E-state index contributed by atoms with van der Waals surface area (Å²) in [5.74, 6) is 0.371. The molecular weight excluding hydrogens is 276 g/mol. The molecule has 19 heavy (non-hydrogen) atoms. The van der Waals surface area contributed by atoms with Gasteiger partial charge in [-0.15, -0.1) is 11.3 Å². The lowest BCUT2D eigenvalue weighted by Crippen LogP contribution is -2.24. The van der Waals surface area contributed by atoms with Crippen molar-refractivity contribution in [3.63, 3.8) is 0 Å². The highest BCUT2D eigenvalue weighted by Gasteiger charge is 2.21. The van der Waals surface area contributed by atoms with Crippen LogP contribution >= 0.6 is 23.6 Å². The molecule has 1 aromatic rings. The van der Waals surface area contributed by atoms with Crippen LogP contribution in [0, 0.1) is 5.92 Å². The number of thiazole rings is 1. The van der Waals surface area contributed by atoms with Gasteiger partial charge in [0.15, 0.2) is 5.13 Å². The first-order chi connectivity index (χ1) is 8.99. The van der Waals surface area contributed by atoms with Gasteiger partial charge in [-0.2, -0.15) is 0 Å². The molecule has 0 saturated heterocycles. The van der Waals surface area contributed by atoms with E-state index >= 15 is 0 Å². The van der Waals surface area contributed by atoms with Crippen molar-refractivity contribution in [3.05, 3.63) is 34.9 Å². The summed E-state index contributed by atoms with van der Waals surface area (Å²) in [4.78, 5) is 18.2. The Labute approximate surface area is 122 Å². The summed E-state index contributed by atoms with van der Waals surface area (Å²) >= 11 is 6.80. The first kappa shape index (κ1) is 14.1. The number of carbonyl (C=O) groups excluding carboxylic acids is 1. The number of nitrogens with one attached hydrogen (secondary N) is 1. The molecule has 1 unspecified atom stereocenters. The second-order valence-electron chi connectivity index (χ2n) is 4.79. The van der Waals surface area contributed by atoms with E-state index in [9.17, 15) is 4.79 Å². The zero-order chi connectivity index (χ0) is 14.0. The number of hydrogen-bond acceptors (Lipinski definition) is 4. The third kappa shape index (κ3) is 3.16. The Morgan fingerprint density at radius 1 is 1.53 bits per heavy atom. The van der Waals surface area contributed by atoms with Gasteiger partial charge in [0.05, 0.1) is 5.57 Å². The molecule has 1 amide bonds. The number of amides is 1. The normalized spacial score (nSPS) is 18.6. The fourth-order valence-electron chi connectivity index (χ4n) is 1.70. The van der Waals surface area contributed by atoms with Crippen LogP contribution < -0.4 is 5.32 Å². The molecule has 1 aromatic heterocycles. The van der Waals surface area contributed by atoms with Crippen LogP contribution in [-0.4, -0.2) is 15.8 Å². The Bertz CT molecular complexity index is 570. The van der Waals surface area contributed by atoms with E-state index in [1.165, 1.54) is 11.3 Å². The highest BCUT2D eigenvalue weighted by molar-refractivity contribution is 7.81. The molecule has 0 fully saturated rings. The van der Waals surface area contributed by atoms with E-state index in [1.807, 2.05) is 19.1 Å². The van der Waals surface area contributed by atoms with Gasteiger partial charge in [-0.25, -0.2) is 4.98 Å². The van der Waals surface area contributed by atoms with Crippen LogP contribution in [0.25, 0.3) is 0 Å². The largest absolute Gasteiger partial charge is 0.298 e. The molecule has 3 nitrogen and oxygen atoms in total. The molecule has 0 saturated carbocycles. The van der Waals surface area contributed by atoms with Gasteiger partial charge in [0.2, 0.25) is 0 Å². The maximum Gasteiger partial charge on any atom is 0.258 e. The molecule has 1 N–H and O–H groups in total. The number of aromatic nitrogens is 1. The summed E-state index contributed by atoms with van der Waals surface area (Å²) < 4.78 is 0. The fourth-order valence-corrected chi connectivity index (χ4v) is 2.75. The summed E-state index contributed by atoms with van der Waals surface area (Å²) in [7, 11) is 0. The molecule has 1 heterocycles. The summed E-state index contributed by atoms with van der Waals surface area (Å²) in [5.41, 5.74) is 0.561. The van der Waals surface area contributed by atoms with Crippen molar-refractivity contribution in [1.29, 1.82) is 0 Å². The van der Waals surface area contributed by atoms with Crippen molar-refractivity contribution in [1.82, 2.24) is 4.98 Å². The number of nitrogens with zero attached hydrogens (tertiary/aromatic N) is 1. The lowest BCUT2D eigenvalue weighted by atomic mass is 9.95. The SMILES string of the molecule is CC1C=CC=C(C(=O)Nc2ncc(C(C)C)s2)C1=S. The van der Waals surface area contributed by atoms with Gasteiger partial charge < -0.3 is 0 Å². The van der Waals surface area contributed by atoms with E-state index in [4.69, 9.17) is 12.2 Å². The van der Waals surface area contributed by atoms with Crippen molar-refractivity contribution in [2.24, 2.45) is 5.92 Å². The Balaban J connectivity index is 2.10. The molecular formula is C14H16N2OS2. The van der Waals surface area contributed by atoms with Crippen LogP contribution in [0.5, 0.6) is 0 Å². The van der Waals surface area contributed by atoms with E-state index < -0.39 is 0 Å². The maximum absolute atomic E-state index is 12.2. The third-order valence-corrected chi connectivity index (χ3v) is 4.70. The van der Waals surface area contributed by atoms with Gasteiger partial charge in [0.25, 0.3) is 5.91 Å². The van der Waals surface area contributed by atoms with Crippen molar-refractivity contribution in [3.8, 4) is 0 Å². The van der Waals surface area contributed by atoms with Crippen molar-refractivity contribution in [2.75, 3.05) is 5.32 Å². The van der Waals surface area contributed by atoms with Gasteiger partial charge in [-0.3, -0.25) is 10.1 Å². The summed E-state index contributed by atoms with van der Waals surface area (Å²) in [5, 5.41) is 3.44. The molecule has 5 heteroatoms. The van der Waals surface area contributed by atoms with Gasteiger partial charge in [-0.1, -0.05) is 45.1 Å². The minimum Gasteiger partial charge on any atom is -0.298 e. The maximum atomic E-state index is 12.2. The monoisotopic (exact) mass is 292 g/mol. The van der Waals surface area contributed by atoms with E-state index in [1.54, 1.807) is 12.3 Å². The second-order valence-corrected chi connectivity index (χ2v) is 6.30. The van der Waals surface area contributed by atoms with E-state index in [-0.39, 0.29) is 11.8 Å². The summed E-state index contributed by atoms with van der Waals surface area (Å²) in [6.07, 6.45) is 7.42. The van der Waals surface area contributed by atoms with Crippen LogP contribution in [0.3, 0.4) is 0 Å². The molecule has 0 radical (unpaired) electrons. The van der Waals surface area contributed by atoms with E-state index in [0.717, 1.165) is 4.88 Å². The lowest BCUT2D eigenvalue weighted by Gasteiger charge is -2.15. The minimum atomic E-state index is -0.175. The van der Waals surface area contributed by atoms with Crippen LogP contribution in [-0.2, 0) is 4.79 Å². The lowest BCUT2D eigenvalue weighted by molar-refractivity contribution is -0.112. The Kier molecular flexibility index (Phi) is 4.27. The van der Waals surface area contributed by atoms with Gasteiger partial charge in [-0.05, 0) is 12.0 Å². The quantitative estimate of drug-likeness (QED) is 0.864. The van der Waals surface area contributed by atoms with Crippen molar-refractivity contribution >= 4 is 39.5 Å². The van der Waals surface area contributed by atoms with Crippen LogP contribution in [0.15, 0.2) is 30.0 Å². The molecule has 100 valence electrons.